The zero-order valence-electron chi connectivity index (χ0n) is 15.2. The van der Waals surface area contributed by atoms with E-state index in [9.17, 15) is 16.8 Å². The number of nitrogens with one attached hydrogen (secondary N) is 2. The predicted molar refractivity (Wildman–Crippen MR) is 104 cm³/mol. The van der Waals surface area contributed by atoms with E-state index < -0.39 is 20.0 Å². The number of aliphatic imine (C=N–C) groups is 1. The largest absolute Gasteiger partial charge is 0.284 e. The van der Waals surface area contributed by atoms with Crippen LogP contribution in [0.5, 0.6) is 0 Å². The second kappa shape index (κ2) is 8.85. The summed E-state index contributed by atoms with van der Waals surface area (Å²) < 4.78 is 54.0. The van der Waals surface area contributed by atoms with Crippen LogP contribution in [0, 0.1) is 5.92 Å². The van der Waals surface area contributed by atoms with E-state index in [-0.39, 0.29) is 16.6 Å². The average Bonchev–Trinajstić information content (AvgIpc) is 2.81. The van der Waals surface area contributed by atoms with Crippen LogP contribution in [0.25, 0.3) is 0 Å². The number of rotatable bonds is 7. The number of anilines is 1. The van der Waals surface area contributed by atoms with Crippen molar-refractivity contribution in [3.8, 4) is 0 Å². The SMILES string of the molecule is CC(C)CCS(=O)(=O)Nc1ccc(S(=O)(=O)NC2=NCCCCC2)cc1. The predicted octanol–water partition coefficient (Wildman–Crippen LogP) is 2.73. The molecule has 0 bridgehead atoms. The lowest BCUT2D eigenvalue weighted by molar-refractivity contribution is 0.578. The highest BCUT2D eigenvalue weighted by Gasteiger charge is 2.18. The van der Waals surface area contributed by atoms with E-state index in [1.807, 2.05) is 13.8 Å². The van der Waals surface area contributed by atoms with Crippen LogP contribution in [0.2, 0.25) is 0 Å². The molecule has 1 heterocycles. The van der Waals surface area contributed by atoms with Crippen LogP contribution in [0.15, 0.2) is 34.2 Å². The zero-order chi connectivity index (χ0) is 19.2. The van der Waals surface area contributed by atoms with Crippen molar-refractivity contribution in [3.63, 3.8) is 0 Å². The molecule has 0 unspecified atom stereocenters. The molecule has 9 heteroatoms. The van der Waals surface area contributed by atoms with Crippen molar-refractivity contribution in [2.45, 2.75) is 50.8 Å². The molecule has 0 spiro atoms. The van der Waals surface area contributed by atoms with E-state index in [4.69, 9.17) is 0 Å². The van der Waals surface area contributed by atoms with Gasteiger partial charge in [-0.25, -0.2) is 16.8 Å². The highest BCUT2D eigenvalue weighted by atomic mass is 32.2. The summed E-state index contributed by atoms with van der Waals surface area (Å²) in [5, 5.41) is 0. The van der Waals surface area contributed by atoms with Crippen LogP contribution in [0.3, 0.4) is 0 Å². The molecule has 1 aliphatic heterocycles. The lowest BCUT2D eigenvalue weighted by Gasteiger charge is -2.12. The number of benzene rings is 1. The molecular weight excluding hydrogens is 374 g/mol. The number of hydrogen-bond acceptors (Lipinski definition) is 5. The third kappa shape index (κ3) is 6.60. The smallest absolute Gasteiger partial charge is 0.262 e. The summed E-state index contributed by atoms with van der Waals surface area (Å²) in [6.07, 6.45) is 4.11. The second-order valence-corrected chi connectivity index (χ2v) is 10.4. The Morgan fingerprint density at radius 2 is 1.69 bits per heavy atom. The Balaban J connectivity index is 2.04. The third-order valence-electron chi connectivity index (χ3n) is 4.03. The molecular formula is C17H27N3O4S2. The Hall–Kier alpha value is -1.61. The van der Waals surface area contributed by atoms with E-state index >= 15 is 0 Å². The molecule has 0 aliphatic carbocycles. The molecule has 1 aliphatic rings. The molecule has 26 heavy (non-hydrogen) atoms. The van der Waals surface area contributed by atoms with Crippen molar-refractivity contribution in [2.75, 3.05) is 17.0 Å². The maximum absolute atomic E-state index is 12.5. The molecule has 146 valence electrons. The topological polar surface area (TPSA) is 105 Å². The minimum atomic E-state index is -3.72. The second-order valence-electron chi connectivity index (χ2n) is 6.87. The minimum absolute atomic E-state index is 0.0338. The molecule has 2 N–H and O–H groups in total. The minimum Gasteiger partial charge on any atom is -0.284 e. The highest BCUT2D eigenvalue weighted by molar-refractivity contribution is 7.92. The first kappa shape index (κ1) is 20.7. The Morgan fingerprint density at radius 3 is 2.35 bits per heavy atom. The van der Waals surface area contributed by atoms with Crippen molar-refractivity contribution in [1.29, 1.82) is 0 Å². The number of hydrogen-bond donors (Lipinski definition) is 2. The fraction of sp³-hybridized carbons (Fsp3) is 0.588. The van der Waals surface area contributed by atoms with Crippen molar-refractivity contribution in [1.82, 2.24) is 4.72 Å². The summed E-state index contributed by atoms with van der Waals surface area (Å²) in [6.45, 7) is 4.55. The van der Waals surface area contributed by atoms with Gasteiger partial charge in [-0.15, -0.1) is 0 Å². The molecule has 0 saturated carbocycles. The molecule has 1 aromatic rings. The fourth-order valence-corrected chi connectivity index (χ4v) is 4.96. The van der Waals surface area contributed by atoms with Gasteiger partial charge in [-0.1, -0.05) is 20.3 Å². The van der Waals surface area contributed by atoms with Crippen LogP contribution < -0.4 is 9.44 Å². The lowest BCUT2D eigenvalue weighted by Crippen LogP contribution is -2.30. The van der Waals surface area contributed by atoms with Gasteiger partial charge in [-0.2, -0.15) is 0 Å². The van der Waals surface area contributed by atoms with E-state index in [0.29, 0.717) is 30.9 Å². The molecule has 0 atom stereocenters. The first-order valence-corrected chi connectivity index (χ1v) is 12.0. The van der Waals surface area contributed by atoms with Crippen molar-refractivity contribution >= 4 is 31.6 Å². The zero-order valence-corrected chi connectivity index (χ0v) is 16.9. The van der Waals surface area contributed by atoms with Crippen LogP contribution >= 0.6 is 0 Å². The van der Waals surface area contributed by atoms with Crippen LogP contribution in [-0.4, -0.2) is 35.0 Å². The molecule has 0 fully saturated rings. The molecule has 0 amide bonds. The molecule has 0 aromatic heterocycles. The van der Waals surface area contributed by atoms with E-state index in [1.165, 1.54) is 24.3 Å². The van der Waals surface area contributed by atoms with Gasteiger partial charge < -0.3 is 0 Å². The van der Waals surface area contributed by atoms with Crippen LogP contribution in [0.4, 0.5) is 5.69 Å². The van der Waals surface area contributed by atoms with E-state index in [0.717, 1.165) is 19.3 Å². The van der Waals surface area contributed by atoms with Gasteiger partial charge in [-0.3, -0.25) is 14.4 Å². The quantitative estimate of drug-likeness (QED) is 0.733. The first-order chi connectivity index (χ1) is 12.2. The molecule has 1 aromatic carbocycles. The fourth-order valence-electron chi connectivity index (χ4n) is 2.50. The molecule has 0 radical (unpaired) electrons. The summed E-state index contributed by atoms with van der Waals surface area (Å²) in [6, 6.07) is 5.69. The molecule has 0 saturated heterocycles. The normalized spacial score (nSPS) is 16.0. The Labute approximate surface area is 156 Å². The number of amidine groups is 1. The van der Waals surface area contributed by atoms with Gasteiger partial charge in [0.25, 0.3) is 10.0 Å². The van der Waals surface area contributed by atoms with Crippen molar-refractivity contribution in [3.05, 3.63) is 24.3 Å². The standard InChI is InChI=1S/C17H27N3O4S2/c1-14(2)11-13-25(21,22)19-15-7-9-16(10-8-15)26(23,24)20-17-6-4-3-5-12-18-17/h7-10,14,19H,3-6,11-13H2,1-2H3,(H,18,20). The molecule has 7 nitrogen and oxygen atoms in total. The first-order valence-electron chi connectivity index (χ1n) is 8.85. The molecule has 2 rings (SSSR count). The van der Waals surface area contributed by atoms with Gasteiger partial charge in [0.2, 0.25) is 10.0 Å². The van der Waals surface area contributed by atoms with Gasteiger partial charge in [0.05, 0.1) is 10.6 Å². The number of nitrogens with zero attached hydrogens (tertiary/aromatic N) is 1. The lowest BCUT2D eigenvalue weighted by atomic mass is 10.2. The Morgan fingerprint density at radius 1 is 1.00 bits per heavy atom. The summed E-state index contributed by atoms with van der Waals surface area (Å²) in [7, 11) is -7.15. The Bertz CT molecular complexity index is 829. The van der Waals surface area contributed by atoms with Gasteiger partial charge in [-0.05, 0) is 49.4 Å². The average molecular weight is 402 g/mol. The summed E-state index contributed by atoms with van der Waals surface area (Å²) >= 11 is 0. The van der Waals surface area contributed by atoms with Gasteiger partial charge in [0.1, 0.15) is 5.84 Å². The summed E-state index contributed by atoms with van der Waals surface area (Å²) in [5.74, 6) is 0.810. The van der Waals surface area contributed by atoms with Crippen molar-refractivity contribution in [2.24, 2.45) is 10.9 Å². The summed E-state index contributed by atoms with van der Waals surface area (Å²) in [4.78, 5) is 4.35. The Kier molecular flexibility index (Phi) is 7.05. The number of sulfonamides is 2. The van der Waals surface area contributed by atoms with Crippen molar-refractivity contribution < 1.29 is 16.8 Å². The van der Waals surface area contributed by atoms with Gasteiger partial charge in [0.15, 0.2) is 0 Å². The van der Waals surface area contributed by atoms with Crippen LogP contribution in [0.1, 0.15) is 46.0 Å². The van der Waals surface area contributed by atoms with Crippen LogP contribution in [-0.2, 0) is 20.0 Å². The van der Waals surface area contributed by atoms with E-state index in [1.54, 1.807) is 0 Å². The highest BCUT2D eigenvalue weighted by Crippen LogP contribution is 2.17. The summed E-state index contributed by atoms with van der Waals surface area (Å²) in [5.41, 5.74) is 0.347. The van der Waals surface area contributed by atoms with Gasteiger partial charge >= 0.3 is 0 Å². The van der Waals surface area contributed by atoms with Gasteiger partial charge in [0, 0.05) is 18.7 Å². The maximum atomic E-state index is 12.5. The monoisotopic (exact) mass is 401 g/mol. The maximum Gasteiger partial charge on any atom is 0.262 e. The van der Waals surface area contributed by atoms with E-state index in [2.05, 4.69) is 14.4 Å². The third-order valence-corrected chi connectivity index (χ3v) is 6.75.